The second-order valence-electron chi connectivity index (χ2n) is 5.84. The smallest absolute Gasteiger partial charge is 0.263 e. The Morgan fingerprint density at radius 2 is 1.96 bits per heavy atom. The number of hydrogen-bond acceptors (Lipinski definition) is 4. The predicted molar refractivity (Wildman–Crippen MR) is 104 cm³/mol. The van der Waals surface area contributed by atoms with Crippen molar-refractivity contribution in [3.05, 3.63) is 64.9 Å². The van der Waals surface area contributed by atoms with E-state index in [4.69, 9.17) is 4.74 Å². The van der Waals surface area contributed by atoms with Gasteiger partial charge in [-0.25, -0.2) is 4.98 Å². The molecule has 2 heterocycles. The number of benzene rings is 1. The van der Waals surface area contributed by atoms with E-state index in [0.717, 1.165) is 35.0 Å². The molecule has 136 valence electrons. The van der Waals surface area contributed by atoms with Gasteiger partial charge in [0.15, 0.2) is 5.13 Å². The van der Waals surface area contributed by atoms with Gasteiger partial charge >= 0.3 is 0 Å². The Bertz CT molecular complexity index is 856. The van der Waals surface area contributed by atoms with E-state index in [9.17, 15) is 4.79 Å². The van der Waals surface area contributed by atoms with Gasteiger partial charge in [-0.3, -0.25) is 4.79 Å². The maximum absolute atomic E-state index is 12.8. The highest BCUT2D eigenvalue weighted by Gasteiger charge is 2.18. The largest absolute Gasteiger partial charge is 0.494 e. The molecule has 0 saturated carbocycles. The summed E-state index contributed by atoms with van der Waals surface area (Å²) in [5.74, 6) is 0.720. The van der Waals surface area contributed by atoms with Gasteiger partial charge in [-0.2, -0.15) is 0 Å². The van der Waals surface area contributed by atoms with Crippen molar-refractivity contribution in [3.8, 4) is 10.9 Å². The summed E-state index contributed by atoms with van der Waals surface area (Å²) >= 11 is 1.42. The molecule has 0 atom stereocenters. The molecule has 0 spiro atoms. The number of amides is 1. The molecular formula is C20H23N3O2S. The van der Waals surface area contributed by atoms with Gasteiger partial charge in [0.25, 0.3) is 5.91 Å². The zero-order chi connectivity index (χ0) is 18.4. The fraction of sp³-hybridized carbons (Fsp3) is 0.300. The van der Waals surface area contributed by atoms with Crippen LogP contribution in [0.1, 0.15) is 41.2 Å². The molecule has 6 heteroatoms. The van der Waals surface area contributed by atoms with E-state index in [1.165, 1.54) is 11.3 Å². The van der Waals surface area contributed by atoms with Crippen molar-refractivity contribution in [1.82, 2.24) is 14.9 Å². The second-order valence-corrected chi connectivity index (χ2v) is 6.81. The first-order valence-corrected chi connectivity index (χ1v) is 9.66. The van der Waals surface area contributed by atoms with Crippen LogP contribution < -0.4 is 10.1 Å². The summed E-state index contributed by atoms with van der Waals surface area (Å²) in [6, 6.07) is 11.7. The Labute approximate surface area is 157 Å². The van der Waals surface area contributed by atoms with Crippen LogP contribution >= 0.6 is 11.3 Å². The summed E-state index contributed by atoms with van der Waals surface area (Å²) in [5, 5.41) is 3.83. The number of nitrogens with zero attached hydrogens (tertiary/aromatic N) is 2. The second kappa shape index (κ2) is 8.67. The van der Waals surface area contributed by atoms with Crippen molar-refractivity contribution in [1.29, 1.82) is 0 Å². The number of thiazole rings is 1. The van der Waals surface area contributed by atoms with E-state index in [-0.39, 0.29) is 5.91 Å². The van der Waals surface area contributed by atoms with Crippen molar-refractivity contribution < 1.29 is 9.53 Å². The molecule has 1 aromatic carbocycles. The van der Waals surface area contributed by atoms with Gasteiger partial charge in [0.1, 0.15) is 10.6 Å². The van der Waals surface area contributed by atoms with Crippen LogP contribution in [0.15, 0.2) is 48.8 Å². The third-order valence-electron chi connectivity index (χ3n) is 3.92. The predicted octanol–water partition coefficient (Wildman–Crippen LogP) is 4.22. The van der Waals surface area contributed by atoms with E-state index in [0.29, 0.717) is 18.0 Å². The molecule has 2 aromatic heterocycles. The summed E-state index contributed by atoms with van der Waals surface area (Å²) in [7, 11) is 0. The molecule has 0 radical (unpaired) electrons. The van der Waals surface area contributed by atoms with Gasteiger partial charge in [-0.15, -0.1) is 0 Å². The molecule has 0 bridgehead atoms. The first kappa shape index (κ1) is 18.2. The minimum atomic E-state index is -0.0874. The Kier molecular flexibility index (Phi) is 6.07. The Morgan fingerprint density at radius 3 is 2.69 bits per heavy atom. The highest BCUT2D eigenvalue weighted by Crippen LogP contribution is 2.24. The van der Waals surface area contributed by atoms with E-state index in [1.54, 1.807) is 0 Å². The van der Waals surface area contributed by atoms with Crippen molar-refractivity contribution in [3.63, 3.8) is 0 Å². The van der Waals surface area contributed by atoms with Crippen molar-refractivity contribution >= 4 is 17.2 Å². The normalized spacial score (nSPS) is 10.7. The zero-order valence-electron chi connectivity index (χ0n) is 15.1. The number of carbonyl (C=O) groups is 1. The molecular weight excluding hydrogens is 346 g/mol. The van der Waals surface area contributed by atoms with Crippen molar-refractivity contribution in [2.45, 2.75) is 33.2 Å². The quantitative estimate of drug-likeness (QED) is 0.647. The molecule has 0 aliphatic heterocycles. The third kappa shape index (κ3) is 4.14. The molecule has 1 amide bonds. The standard InChI is InChI=1S/C20H23N3O2S/c1-3-9-16-18(26-20(22-16)23-12-7-8-13-23)19(24)21-14-15-10-5-6-11-17(15)25-4-2/h5-8,10-13H,3-4,9,14H2,1-2H3,(H,21,24). The van der Waals surface area contributed by atoms with E-state index in [2.05, 4.69) is 17.2 Å². The summed E-state index contributed by atoms with van der Waals surface area (Å²) in [6.07, 6.45) is 5.61. The third-order valence-corrected chi connectivity index (χ3v) is 5.03. The first-order chi connectivity index (χ1) is 12.7. The minimum Gasteiger partial charge on any atom is -0.494 e. The number of nitrogens with one attached hydrogen (secondary N) is 1. The van der Waals surface area contributed by atoms with Gasteiger partial charge in [-0.05, 0) is 31.5 Å². The fourth-order valence-corrected chi connectivity index (χ4v) is 3.69. The van der Waals surface area contributed by atoms with Crippen molar-refractivity contribution in [2.24, 2.45) is 0 Å². The molecule has 26 heavy (non-hydrogen) atoms. The molecule has 1 N–H and O–H groups in total. The number of rotatable bonds is 8. The summed E-state index contributed by atoms with van der Waals surface area (Å²) in [4.78, 5) is 18.1. The van der Waals surface area contributed by atoms with Crippen LogP contribution in [0.5, 0.6) is 5.75 Å². The molecule has 0 fully saturated rings. The highest BCUT2D eigenvalue weighted by atomic mass is 32.1. The lowest BCUT2D eigenvalue weighted by Gasteiger charge is -2.10. The average molecular weight is 369 g/mol. The number of aromatic nitrogens is 2. The molecule has 0 aliphatic carbocycles. The van der Waals surface area contributed by atoms with Gasteiger partial charge in [-0.1, -0.05) is 42.9 Å². The number of hydrogen-bond donors (Lipinski definition) is 1. The summed E-state index contributed by atoms with van der Waals surface area (Å²) in [5.41, 5.74) is 1.83. The maximum atomic E-state index is 12.8. The minimum absolute atomic E-state index is 0.0874. The van der Waals surface area contributed by atoms with Gasteiger partial charge in [0, 0.05) is 24.5 Å². The summed E-state index contributed by atoms with van der Waals surface area (Å²) in [6.45, 7) is 5.07. The zero-order valence-corrected chi connectivity index (χ0v) is 15.9. The van der Waals surface area contributed by atoms with Gasteiger partial charge < -0.3 is 14.6 Å². The van der Waals surface area contributed by atoms with Crippen LogP contribution in [0.3, 0.4) is 0 Å². The van der Waals surface area contributed by atoms with Crippen LogP contribution in [0.4, 0.5) is 0 Å². The lowest BCUT2D eigenvalue weighted by atomic mass is 10.2. The van der Waals surface area contributed by atoms with Gasteiger partial charge in [0.05, 0.1) is 12.3 Å². The SMILES string of the molecule is CCCc1nc(-n2cccc2)sc1C(=O)NCc1ccccc1OCC. The molecule has 3 rings (SSSR count). The van der Waals surface area contributed by atoms with Gasteiger partial charge in [0.2, 0.25) is 0 Å². The van der Waals surface area contributed by atoms with Crippen LogP contribution in [0.2, 0.25) is 0 Å². The molecule has 0 saturated heterocycles. The molecule has 3 aromatic rings. The van der Waals surface area contributed by atoms with E-state index < -0.39 is 0 Å². The average Bonchev–Trinajstić information content (AvgIpc) is 3.31. The van der Waals surface area contributed by atoms with Crippen LogP contribution in [-0.2, 0) is 13.0 Å². The monoisotopic (exact) mass is 369 g/mol. The van der Waals surface area contributed by atoms with E-state index in [1.807, 2.05) is 60.3 Å². The van der Waals surface area contributed by atoms with Crippen LogP contribution in [-0.4, -0.2) is 22.1 Å². The van der Waals surface area contributed by atoms with Crippen LogP contribution in [0.25, 0.3) is 5.13 Å². The van der Waals surface area contributed by atoms with E-state index >= 15 is 0 Å². The topological polar surface area (TPSA) is 56.2 Å². The lowest BCUT2D eigenvalue weighted by molar-refractivity contribution is 0.0953. The number of carbonyl (C=O) groups excluding carboxylic acids is 1. The van der Waals surface area contributed by atoms with Crippen LogP contribution in [0, 0.1) is 0 Å². The number of ether oxygens (including phenoxy) is 1. The Morgan fingerprint density at radius 1 is 1.19 bits per heavy atom. The fourth-order valence-electron chi connectivity index (χ4n) is 2.70. The summed E-state index contributed by atoms with van der Waals surface area (Å²) < 4.78 is 7.56. The Balaban J connectivity index is 1.77. The molecule has 0 aliphatic rings. The molecule has 0 unspecified atom stereocenters. The Hall–Kier alpha value is -2.60. The maximum Gasteiger partial charge on any atom is 0.263 e. The van der Waals surface area contributed by atoms with Crippen molar-refractivity contribution in [2.75, 3.05) is 6.61 Å². The first-order valence-electron chi connectivity index (χ1n) is 8.84. The highest BCUT2D eigenvalue weighted by molar-refractivity contribution is 7.16. The lowest BCUT2D eigenvalue weighted by Crippen LogP contribution is -2.23. The number of aryl methyl sites for hydroxylation is 1. The molecule has 5 nitrogen and oxygen atoms in total. The number of para-hydroxylation sites is 1.